The first-order valence-corrected chi connectivity index (χ1v) is 8.77. The van der Waals surface area contributed by atoms with Gasteiger partial charge in [0.2, 0.25) is 5.91 Å². The van der Waals surface area contributed by atoms with Gasteiger partial charge in [-0.1, -0.05) is 0 Å². The molecule has 0 unspecified atom stereocenters. The van der Waals surface area contributed by atoms with E-state index in [9.17, 15) is 10.1 Å². The fourth-order valence-electron chi connectivity index (χ4n) is 3.38. The first-order chi connectivity index (χ1) is 10.3. The van der Waals surface area contributed by atoms with Crippen molar-refractivity contribution in [2.45, 2.75) is 44.9 Å². The molecule has 1 fully saturated rings. The standard InChI is InChI=1S/C16H21N3OS/c17-11-13-12-5-1-2-6-14(12)21-16(13)18-15(20)7-10-19-8-3-4-9-19/h1-10H2,(H,18,20)/p+1. The minimum absolute atomic E-state index is 0.0597. The van der Waals surface area contributed by atoms with Gasteiger partial charge in [0.15, 0.2) is 0 Å². The van der Waals surface area contributed by atoms with Crippen molar-refractivity contribution in [2.75, 3.05) is 25.0 Å². The normalized spacial score (nSPS) is 18.2. The molecular formula is C16H22N3OS+. The SMILES string of the molecule is N#Cc1c(NC(=O)CC[NH+]2CCCC2)sc2c1CCCC2. The summed E-state index contributed by atoms with van der Waals surface area (Å²) in [4.78, 5) is 15.0. The molecule has 1 aromatic heterocycles. The second-order valence-corrected chi connectivity index (χ2v) is 7.14. The first kappa shape index (κ1) is 14.6. The van der Waals surface area contributed by atoms with Crippen molar-refractivity contribution in [3.8, 4) is 6.07 Å². The highest BCUT2D eigenvalue weighted by atomic mass is 32.1. The van der Waals surface area contributed by atoms with Crippen LogP contribution < -0.4 is 10.2 Å². The van der Waals surface area contributed by atoms with Crippen molar-refractivity contribution in [1.29, 1.82) is 5.26 Å². The maximum absolute atomic E-state index is 12.1. The number of nitrogens with zero attached hydrogens (tertiary/aromatic N) is 1. The molecule has 5 heteroatoms. The van der Waals surface area contributed by atoms with Crippen LogP contribution in [0.3, 0.4) is 0 Å². The summed E-state index contributed by atoms with van der Waals surface area (Å²) in [7, 11) is 0. The predicted octanol–water partition coefficient (Wildman–Crippen LogP) is 1.51. The van der Waals surface area contributed by atoms with Crippen LogP contribution in [0.25, 0.3) is 0 Å². The average molecular weight is 304 g/mol. The third-order valence-corrected chi connectivity index (χ3v) is 5.76. The number of amides is 1. The quantitative estimate of drug-likeness (QED) is 0.886. The van der Waals surface area contributed by atoms with Crippen LogP contribution >= 0.6 is 11.3 Å². The van der Waals surface area contributed by atoms with E-state index in [0.717, 1.165) is 36.4 Å². The van der Waals surface area contributed by atoms with Crippen LogP contribution in [0, 0.1) is 11.3 Å². The molecule has 4 nitrogen and oxygen atoms in total. The molecule has 1 amide bonds. The molecule has 0 aromatic carbocycles. The van der Waals surface area contributed by atoms with Crippen LogP contribution in [0.15, 0.2) is 0 Å². The van der Waals surface area contributed by atoms with E-state index < -0.39 is 0 Å². The van der Waals surface area contributed by atoms with E-state index in [4.69, 9.17) is 0 Å². The van der Waals surface area contributed by atoms with Crippen LogP contribution in [0.1, 0.15) is 48.1 Å². The van der Waals surface area contributed by atoms with Gasteiger partial charge in [0.25, 0.3) is 0 Å². The summed E-state index contributed by atoms with van der Waals surface area (Å²) in [5.74, 6) is 0.0597. The molecule has 1 aromatic rings. The van der Waals surface area contributed by atoms with E-state index in [0.29, 0.717) is 6.42 Å². The van der Waals surface area contributed by atoms with Gasteiger partial charge in [-0.15, -0.1) is 11.3 Å². The van der Waals surface area contributed by atoms with Crippen molar-refractivity contribution in [2.24, 2.45) is 0 Å². The smallest absolute Gasteiger partial charge is 0.230 e. The number of carbonyl (C=O) groups excluding carboxylic acids is 1. The number of rotatable bonds is 4. The highest BCUT2D eigenvalue weighted by Crippen LogP contribution is 2.37. The van der Waals surface area contributed by atoms with E-state index in [2.05, 4.69) is 11.4 Å². The monoisotopic (exact) mass is 304 g/mol. The number of aryl methyl sites for hydroxylation is 1. The fraction of sp³-hybridized carbons (Fsp3) is 0.625. The molecule has 21 heavy (non-hydrogen) atoms. The third-order valence-electron chi connectivity index (χ3n) is 4.55. The molecule has 0 atom stereocenters. The number of quaternary nitrogens is 1. The van der Waals surface area contributed by atoms with Crippen LogP contribution in [0.4, 0.5) is 5.00 Å². The Morgan fingerprint density at radius 2 is 2.00 bits per heavy atom. The summed E-state index contributed by atoms with van der Waals surface area (Å²) in [6.45, 7) is 3.31. The van der Waals surface area contributed by atoms with Gasteiger partial charge in [-0.25, -0.2) is 0 Å². The average Bonchev–Trinajstić information content (AvgIpc) is 3.12. The number of hydrogen-bond donors (Lipinski definition) is 2. The molecule has 112 valence electrons. The number of nitriles is 1. The van der Waals surface area contributed by atoms with E-state index in [1.807, 2.05) is 0 Å². The molecule has 0 spiro atoms. The summed E-state index contributed by atoms with van der Waals surface area (Å²) in [5.41, 5.74) is 1.91. The van der Waals surface area contributed by atoms with E-state index in [1.165, 1.54) is 47.7 Å². The fourth-order valence-corrected chi connectivity index (χ4v) is 4.63. The van der Waals surface area contributed by atoms with Gasteiger partial charge in [0.1, 0.15) is 11.1 Å². The van der Waals surface area contributed by atoms with Gasteiger partial charge in [0.05, 0.1) is 31.6 Å². The van der Waals surface area contributed by atoms with Crippen LogP contribution in [-0.2, 0) is 17.6 Å². The van der Waals surface area contributed by atoms with Gasteiger partial charge in [0, 0.05) is 17.7 Å². The number of thiophene rings is 1. The van der Waals surface area contributed by atoms with Gasteiger partial charge in [-0.05, 0) is 31.2 Å². The highest BCUT2D eigenvalue weighted by Gasteiger charge is 2.22. The highest BCUT2D eigenvalue weighted by molar-refractivity contribution is 7.16. The summed E-state index contributed by atoms with van der Waals surface area (Å²) in [5, 5.41) is 13.1. The first-order valence-electron chi connectivity index (χ1n) is 7.96. The van der Waals surface area contributed by atoms with Crippen molar-refractivity contribution >= 4 is 22.2 Å². The predicted molar refractivity (Wildman–Crippen MR) is 83.7 cm³/mol. The number of nitrogens with one attached hydrogen (secondary N) is 2. The zero-order valence-corrected chi connectivity index (χ0v) is 13.2. The van der Waals surface area contributed by atoms with Gasteiger partial charge in [-0.3, -0.25) is 4.79 Å². The van der Waals surface area contributed by atoms with E-state index in [1.54, 1.807) is 11.3 Å². The lowest BCUT2D eigenvalue weighted by Gasteiger charge is -2.11. The maximum atomic E-state index is 12.1. The molecule has 3 rings (SSSR count). The van der Waals surface area contributed by atoms with Gasteiger partial charge in [-0.2, -0.15) is 5.26 Å². The van der Waals surface area contributed by atoms with Crippen LogP contribution in [-0.4, -0.2) is 25.5 Å². The van der Waals surface area contributed by atoms with Crippen molar-refractivity contribution < 1.29 is 9.69 Å². The molecule has 0 saturated carbocycles. The van der Waals surface area contributed by atoms with Crippen molar-refractivity contribution in [3.63, 3.8) is 0 Å². The second kappa shape index (κ2) is 6.59. The Morgan fingerprint density at radius 3 is 2.76 bits per heavy atom. The topological polar surface area (TPSA) is 57.3 Å². The maximum Gasteiger partial charge on any atom is 0.230 e. The minimum atomic E-state index is 0.0597. The zero-order valence-electron chi connectivity index (χ0n) is 12.3. The Kier molecular flexibility index (Phi) is 4.57. The number of carbonyl (C=O) groups is 1. The van der Waals surface area contributed by atoms with Gasteiger partial charge < -0.3 is 10.2 Å². The summed E-state index contributed by atoms with van der Waals surface area (Å²) in [6, 6.07) is 2.30. The van der Waals surface area contributed by atoms with Crippen LogP contribution in [0.2, 0.25) is 0 Å². The van der Waals surface area contributed by atoms with Crippen molar-refractivity contribution in [1.82, 2.24) is 0 Å². The number of anilines is 1. The molecule has 2 aliphatic rings. The Hall–Kier alpha value is -1.38. The van der Waals surface area contributed by atoms with E-state index >= 15 is 0 Å². The lowest BCUT2D eigenvalue weighted by molar-refractivity contribution is -0.886. The lowest BCUT2D eigenvalue weighted by atomic mass is 9.96. The van der Waals surface area contributed by atoms with E-state index in [-0.39, 0.29) is 5.91 Å². The molecule has 2 N–H and O–H groups in total. The van der Waals surface area contributed by atoms with Crippen LogP contribution in [0.5, 0.6) is 0 Å². The molecule has 1 aliphatic heterocycles. The third kappa shape index (κ3) is 3.28. The second-order valence-electron chi connectivity index (χ2n) is 6.03. The molecule has 0 bridgehead atoms. The summed E-state index contributed by atoms with van der Waals surface area (Å²) >= 11 is 1.61. The summed E-state index contributed by atoms with van der Waals surface area (Å²) in [6.07, 6.45) is 7.53. The molecule has 2 heterocycles. The number of hydrogen-bond acceptors (Lipinski definition) is 3. The minimum Gasteiger partial charge on any atom is -0.334 e. The Labute approximate surface area is 129 Å². The lowest BCUT2D eigenvalue weighted by Crippen LogP contribution is -3.10. The number of fused-ring (bicyclic) bond motifs is 1. The Morgan fingerprint density at radius 1 is 1.24 bits per heavy atom. The van der Waals surface area contributed by atoms with Gasteiger partial charge >= 0.3 is 0 Å². The molecule has 1 aliphatic carbocycles. The van der Waals surface area contributed by atoms with Crippen molar-refractivity contribution in [3.05, 3.63) is 16.0 Å². The molecule has 0 radical (unpaired) electrons. The molecular weight excluding hydrogens is 282 g/mol. The largest absolute Gasteiger partial charge is 0.334 e. The zero-order chi connectivity index (χ0) is 14.7. The Balaban J connectivity index is 1.62. The molecule has 1 saturated heterocycles. The summed E-state index contributed by atoms with van der Waals surface area (Å²) < 4.78 is 0. The number of likely N-dealkylation sites (tertiary alicyclic amines) is 1. The Bertz CT molecular complexity index is 567.